The number of hydrogen-bond donors (Lipinski definition) is 2. The van der Waals surface area contributed by atoms with Crippen LogP contribution in [0.2, 0.25) is 0 Å². The SMILES string of the molecule is CN(C)c1ccc2cc(C(=O)NS(=O)(=O)c3ccccc3OCCNC(=O)OC(C)(C)C)oc2c1. The highest BCUT2D eigenvalue weighted by atomic mass is 32.2. The van der Waals surface area contributed by atoms with E-state index >= 15 is 0 Å². The van der Waals surface area contributed by atoms with Crippen LogP contribution >= 0.6 is 0 Å². The second kappa shape index (κ2) is 10.3. The lowest BCUT2D eigenvalue weighted by Crippen LogP contribution is -2.35. The lowest BCUT2D eigenvalue weighted by Gasteiger charge is -2.19. The molecule has 1 aromatic heterocycles. The number of sulfonamides is 1. The number of benzene rings is 2. The highest BCUT2D eigenvalue weighted by Crippen LogP contribution is 2.26. The Morgan fingerprint density at radius 1 is 1.06 bits per heavy atom. The third kappa shape index (κ3) is 6.89. The minimum absolute atomic E-state index is 0.0164. The van der Waals surface area contributed by atoms with Gasteiger partial charge in [0.15, 0.2) is 5.76 Å². The highest BCUT2D eigenvalue weighted by Gasteiger charge is 2.25. The van der Waals surface area contributed by atoms with Crippen molar-refractivity contribution in [2.75, 3.05) is 32.1 Å². The van der Waals surface area contributed by atoms with E-state index in [1.807, 2.05) is 29.8 Å². The molecule has 0 radical (unpaired) electrons. The minimum Gasteiger partial charge on any atom is -0.490 e. The molecule has 0 atom stereocenters. The molecule has 0 bridgehead atoms. The number of rotatable bonds is 8. The van der Waals surface area contributed by atoms with Crippen LogP contribution < -0.4 is 19.7 Å². The van der Waals surface area contributed by atoms with Gasteiger partial charge in [0.25, 0.3) is 10.0 Å². The fourth-order valence-corrected chi connectivity index (χ4v) is 4.16. The van der Waals surface area contributed by atoms with Gasteiger partial charge in [0.1, 0.15) is 28.4 Å². The zero-order valence-electron chi connectivity index (χ0n) is 20.2. The van der Waals surface area contributed by atoms with Crippen LogP contribution in [0.15, 0.2) is 57.8 Å². The molecule has 2 amide bonds. The van der Waals surface area contributed by atoms with Crippen molar-refractivity contribution in [3.05, 3.63) is 54.3 Å². The van der Waals surface area contributed by atoms with Crippen LogP contribution in [-0.2, 0) is 14.8 Å². The predicted molar refractivity (Wildman–Crippen MR) is 131 cm³/mol. The van der Waals surface area contributed by atoms with Gasteiger partial charge in [-0.3, -0.25) is 4.79 Å². The topological polar surface area (TPSA) is 127 Å². The number of fused-ring (bicyclic) bond motifs is 1. The number of carbonyl (C=O) groups is 2. The summed E-state index contributed by atoms with van der Waals surface area (Å²) in [4.78, 5) is 26.1. The summed E-state index contributed by atoms with van der Waals surface area (Å²) in [5.41, 5.74) is 0.691. The molecule has 0 aliphatic rings. The summed E-state index contributed by atoms with van der Waals surface area (Å²) in [7, 11) is -0.535. The maximum absolute atomic E-state index is 12.9. The molecule has 0 spiro atoms. The smallest absolute Gasteiger partial charge is 0.407 e. The van der Waals surface area contributed by atoms with Gasteiger partial charge in [-0.05, 0) is 51.1 Å². The van der Waals surface area contributed by atoms with Gasteiger partial charge in [0.2, 0.25) is 0 Å². The Morgan fingerprint density at radius 3 is 2.46 bits per heavy atom. The molecule has 10 nitrogen and oxygen atoms in total. The number of alkyl carbamates (subject to hydrolysis) is 1. The molecule has 1 heterocycles. The number of amides is 2. The van der Waals surface area contributed by atoms with E-state index in [4.69, 9.17) is 13.9 Å². The molecular weight excluding hydrogens is 474 g/mol. The van der Waals surface area contributed by atoms with E-state index in [1.165, 1.54) is 24.3 Å². The third-order valence-electron chi connectivity index (χ3n) is 4.64. The molecule has 11 heteroatoms. The number of furan rings is 1. The summed E-state index contributed by atoms with van der Waals surface area (Å²) in [6, 6.07) is 12.8. The van der Waals surface area contributed by atoms with Crippen molar-refractivity contribution in [3.8, 4) is 5.75 Å². The zero-order valence-corrected chi connectivity index (χ0v) is 21.1. The molecule has 0 fully saturated rings. The van der Waals surface area contributed by atoms with Crippen LogP contribution in [0.3, 0.4) is 0 Å². The maximum atomic E-state index is 12.9. The molecule has 0 aliphatic carbocycles. The van der Waals surface area contributed by atoms with E-state index in [9.17, 15) is 18.0 Å². The molecule has 3 rings (SSSR count). The second-order valence-corrected chi connectivity index (χ2v) is 10.5. The van der Waals surface area contributed by atoms with E-state index < -0.39 is 27.6 Å². The molecule has 2 aromatic carbocycles. The number of anilines is 1. The van der Waals surface area contributed by atoms with E-state index in [2.05, 4.69) is 5.32 Å². The first-order chi connectivity index (χ1) is 16.4. The lowest BCUT2D eigenvalue weighted by molar-refractivity contribution is 0.0519. The molecule has 0 saturated heterocycles. The Morgan fingerprint density at radius 2 is 1.77 bits per heavy atom. The van der Waals surface area contributed by atoms with Gasteiger partial charge in [-0.1, -0.05) is 12.1 Å². The minimum atomic E-state index is -4.28. The average Bonchev–Trinajstić information content (AvgIpc) is 3.19. The van der Waals surface area contributed by atoms with Crippen LogP contribution in [0, 0.1) is 0 Å². The third-order valence-corrected chi connectivity index (χ3v) is 6.01. The normalized spacial score (nSPS) is 11.7. The Hall–Kier alpha value is -3.73. The van der Waals surface area contributed by atoms with Crippen molar-refractivity contribution in [1.82, 2.24) is 10.0 Å². The first-order valence-corrected chi connectivity index (χ1v) is 12.3. The Bertz CT molecular complexity index is 1320. The van der Waals surface area contributed by atoms with Crippen LogP contribution in [0.25, 0.3) is 11.0 Å². The van der Waals surface area contributed by atoms with Crippen molar-refractivity contribution in [2.45, 2.75) is 31.3 Å². The van der Waals surface area contributed by atoms with Gasteiger partial charge < -0.3 is 24.1 Å². The summed E-state index contributed by atoms with van der Waals surface area (Å²) in [6.45, 7) is 5.29. The highest BCUT2D eigenvalue weighted by molar-refractivity contribution is 7.90. The second-order valence-electron chi connectivity index (χ2n) is 8.89. The van der Waals surface area contributed by atoms with Crippen molar-refractivity contribution in [2.24, 2.45) is 0 Å². The van der Waals surface area contributed by atoms with Gasteiger partial charge in [0, 0.05) is 31.2 Å². The van der Waals surface area contributed by atoms with Crippen LogP contribution in [-0.4, -0.2) is 53.3 Å². The molecule has 0 unspecified atom stereocenters. The van der Waals surface area contributed by atoms with Crippen LogP contribution in [0.5, 0.6) is 5.75 Å². The Labute approximate surface area is 204 Å². The van der Waals surface area contributed by atoms with E-state index in [1.54, 1.807) is 39.0 Å². The van der Waals surface area contributed by atoms with Gasteiger partial charge in [-0.25, -0.2) is 17.9 Å². The zero-order chi connectivity index (χ0) is 25.8. The van der Waals surface area contributed by atoms with Gasteiger partial charge in [-0.15, -0.1) is 0 Å². The number of ether oxygens (including phenoxy) is 2. The van der Waals surface area contributed by atoms with Crippen molar-refractivity contribution >= 4 is 38.7 Å². The van der Waals surface area contributed by atoms with Gasteiger partial charge in [0.05, 0.1) is 6.54 Å². The fourth-order valence-electron chi connectivity index (χ4n) is 3.06. The lowest BCUT2D eigenvalue weighted by atomic mass is 10.2. The quantitative estimate of drug-likeness (QED) is 0.447. The average molecular weight is 504 g/mol. The first kappa shape index (κ1) is 25.9. The number of carbonyl (C=O) groups excluding carboxylic acids is 2. The summed E-state index contributed by atoms with van der Waals surface area (Å²) in [5.74, 6) is -1.02. The monoisotopic (exact) mass is 503 g/mol. The molecule has 2 N–H and O–H groups in total. The summed E-state index contributed by atoms with van der Waals surface area (Å²) in [5, 5.41) is 3.19. The standard InChI is InChI=1S/C24H29N3O7S/c1-24(2,3)34-23(29)25-12-13-32-18-8-6-7-9-21(18)35(30,31)26-22(28)20-14-16-10-11-17(27(4)5)15-19(16)33-20/h6-11,14-15H,12-13H2,1-5H3,(H,25,29)(H,26,28). The van der Waals surface area contributed by atoms with Crippen molar-refractivity contribution in [1.29, 1.82) is 0 Å². The number of nitrogens with zero attached hydrogens (tertiary/aromatic N) is 1. The largest absolute Gasteiger partial charge is 0.490 e. The van der Waals surface area contributed by atoms with Crippen molar-refractivity contribution < 1.29 is 31.9 Å². The molecule has 35 heavy (non-hydrogen) atoms. The fraction of sp³-hybridized carbons (Fsp3) is 0.333. The van der Waals surface area contributed by atoms with E-state index in [0.29, 0.717) is 11.0 Å². The predicted octanol–water partition coefficient (Wildman–Crippen LogP) is 3.52. The molecule has 188 valence electrons. The summed E-state index contributed by atoms with van der Waals surface area (Å²) >= 11 is 0. The van der Waals surface area contributed by atoms with Crippen molar-refractivity contribution in [3.63, 3.8) is 0 Å². The Balaban J connectivity index is 1.68. The van der Waals surface area contributed by atoms with Gasteiger partial charge >= 0.3 is 12.0 Å². The van der Waals surface area contributed by atoms with E-state index in [0.717, 1.165) is 5.69 Å². The Kier molecular flexibility index (Phi) is 7.59. The maximum Gasteiger partial charge on any atom is 0.407 e. The van der Waals surface area contributed by atoms with Gasteiger partial charge in [-0.2, -0.15) is 0 Å². The molecule has 3 aromatic rings. The molecular formula is C24H29N3O7S. The van der Waals surface area contributed by atoms with E-state index in [-0.39, 0.29) is 29.6 Å². The number of nitrogens with one attached hydrogen (secondary N) is 2. The summed E-state index contributed by atoms with van der Waals surface area (Å²) in [6.07, 6.45) is -0.613. The summed E-state index contributed by atoms with van der Waals surface area (Å²) < 4.78 is 44.2. The number of hydrogen-bond acceptors (Lipinski definition) is 8. The molecule has 0 aliphatic heterocycles. The number of para-hydroxylation sites is 1. The first-order valence-electron chi connectivity index (χ1n) is 10.8. The van der Waals surface area contributed by atoms with Crippen LogP contribution in [0.1, 0.15) is 31.3 Å². The molecule has 0 saturated carbocycles. The van der Waals surface area contributed by atoms with Crippen LogP contribution in [0.4, 0.5) is 10.5 Å².